The van der Waals surface area contributed by atoms with E-state index in [1.807, 2.05) is 0 Å². The fourth-order valence-corrected chi connectivity index (χ4v) is 6.34. The van der Waals surface area contributed by atoms with Crippen LogP contribution in [0.15, 0.2) is 23.5 Å². The van der Waals surface area contributed by atoms with E-state index in [2.05, 4.69) is 4.84 Å². The van der Waals surface area contributed by atoms with Crippen molar-refractivity contribution < 1.29 is 40.7 Å². The van der Waals surface area contributed by atoms with Gasteiger partial charge < -0.3 is 14.3 Å². The second-order valence-electron chi connectivity index (χ2n) is 8.10. The fraction of sp³-hybridized carbons (Fsp3) is 0.737. The topological polar surface area (TPSA) is 108 Å². The second-order valence-corrected chi connectivity index (χ2v) is 10.3. The van der Waals surface area contributed by atoms with Gasteiger partial charge in [0.05, 0.1) is 5.76 Å². The summed E-state index contributed by atoms with van der Waals surface area (Å²) in [5, 5.41) is 0. The van der Waals surface area contributed by atoms with Crippen LogP contribution in [0.3, 0.4) is 0 Å². The quantitative estimate of drug-likeness (QED) is 0.616. The van der Waals surface area contributed by atoms with Crippen LogP contribution in [0.25, 0.3) is 0 Å². The van der Waals surface area contributed by atoms with E-state index in [4.69, 9.17) is 15.4 Å². The second kappa shape index (κ2) is 9.08. The number of sulfonamides is 1. The minimum Gasteiger partial charge on any atom is -0.494 e. The van der Waals surface area contributed by atoms with E-state index in [1.165, 1.54) is 10.4 Å². The first-order chi connectivity index (χ1) is 14.5. The third-order valence-electron chi connectivity index (χ3n) is 6.14. The summed E-state index contributed by atoms with van der Waals surface area (Å²) in [6, 6.07) is 0. The predicted octanol–water partition coefficient (Wildman–Crippen LogP) is 2.18. The van der Waals surface area contributed by atoms with Crippen LogP contribution in [0.5, 0.6) is 0 Å². The number of hydrogen-bond donors (Lipinski definition) is 1. The molecule has 1 aliphatic carbocycles. The molecule has 0 radical (unpaired) electrons. The Bertz CT molecular complexity index is 841. The average molecular weight is 468 g/mol. The molecule has 0 aromatic rings. The molecule has 0 saturated carbocycles. The van der Waals surface area contributed by atoms with Crippen LogP contribution in [-0.4, -0.2) is 62.0 Å². The molecule has 2 fully saturated rings. The van der Waals surface area contributed by atoms with Gasteiger partial charge >= 0.3 is 12.1 Å². The van der Waals surface area contributed by atoms with Crippen LogP contribution in [0, 0.1) is 5.92 Å². The highest BCUT2D eigenvalue weighted by molar-refractivity contribution is 7.91. The molecular formula is C19H27F3N2O6S. The number of piperidine rings is 1. The average Bonchev–Trinajstić information content (AvgIpc) is 2.74. The van der Waals surface area contributed by atoms with Crippen molar-refractivity contribution in [2.75, 3.05) is 26.3 Å². The summed E-state index contributed by atoms with van der Waals surface area (Å²) < 4.78 is 75.8. The molecule has 1 atom stereocenters. The maximum absolute atomic E-state index is 13.3. The summed E-state index contributed by atoms with van der Waals surface area (Å²) in [6.07, 6.45) is -1.85. The number of carbonyl (C=O) groups excluding carboxylic acids is 1. The van der Waals surface area contributed by atoms with Gasteiger partial charge in [0.1, 0.15) is 6.10 Å². The Morgan fingerprint density at radius 3 is 2.35 bits per heavy atom. The zero-order valence-corrected chi connectivity index (χ0v) is 18.0. The minimum absolute atomic E-state index is 0.0416. The van der Waals surface area contributed by atoms with E-state index >= 15 is 0 Å². The lowest BCUT2D eigenvalue weighted by atomic mass is 9.93. The van der Waals surface area contributed by atoms with E-state index in [9.17, 15) is 26.4 Å². The third-order valence-corrected chi connectivity index (χ3v) is 8.75. The van der Waals surface area contributed by atoms with Gasteiger partial charge in [0.15, 0.2) is 4.75 Å². The fourth-order valence-electron chi connectivity index (χ4n) is 4.22. The molecule has 31 heavy (non-hydrogen) atoms. The summed E-state index contributed by atoms with van der Waals surface area (Å²) in [4.78, 5) is 16.6. The number of halogens is 3. The molecule has 2 saturated heterocycles. The van der Waals surface area contributed by atoms with Gasteiger partial charge in [0.25, 0.3) is 0 Å². The monoisotopic (exact) mass is 468 g/mol. The van der Waals surface area contributed by atoms with Gasteiger partial charge in [-0.25, -0.2) is 17.5 Å². The summed E-state index contributed by atoms with van der Waals surface area (Å²) >= 11 is 0. The number of hydrogen-bond acceptors (Lipinski definition) is 7. The maximum Gasteiger partial charge on any atom is 0.412 e. The molecule has 0 spiro atoms. The molecule has 0 aromatic carbocycles. The molecule has 176 valence electrons. The Balaban J connectivity index is 1.66. The van der Waals surface area contributed by atoms with E-state index in [-0.39, 0.29) is 51.7 Å². The standard InChI is InChI=1S/C19H27F3N2O6S/c1-13-12-14(19(20,21)22)2-3-16(13)29-15-4-8-24(9-5-15)31(26,27)18(17(25)30-23)6-10-28-11-7-18/h2-3,13,15H,4-12,23H2,1H3. The highest BCUT2D eigenvalue weighted by atomic mass is 32.2. The highest BCUT2D eigenvalue weighted by Gasteiger charge is 2.56. The van der Waals surface area contributed by atoms with Gasteiger partial charge in [-0.05, 0) is 25.3 Å². The lowest BCUT2D eigenvalue weighted by molar-refractivity contribution is -0.150. The van der Waals surface area contributed by atoms with Gasteiger partial charge in [0.2, 0.25) is 10.0 Å². The first-order valence-corrected chi connectivity index (χ1v) is 11.6. The van der Waals surface area contributed by atoms with E-state index in [1.54, 1.807) is 6.92 Å². The Morgan fingerprint density at radius 1 is 1.23 bits per heavy atom. The molecule has 0 aromatic heterocycles. The summed E-state index contributed by atoms with van der Waals surface area (Å²) in [7, 11) is -4.05. The molecule has 3 rings (SSSR count). The van der Waals surface area contributed by atoms with Crippen molar-refractivity contribution >= 4 is 16.0 Å². The first kappa shape index (κ1) is 24.0. The number of ether oxygens (including phenoxy) is 2. The van der Waals surface area contributed by atoms with Gasteiger partial charge in [-0.15, -0.1) is 0 Å². The molecule has 2 heterocycles. The number of carbonyl (C=O) groups is 1. The molecule has 12 heteroatoms. The summed E-state index contributed by atoms with van der Waals surface area (Å²) in [5.41, 5.74) is -0.596. The predicted molar refractivity (Wildman–Crippen MR) is 104 cm³/mol. The van der Waals surface area contributed by atoms with Crippen molar-refractivity contribution in [3.05, 3.63) is 23.5 Å². The maximum atomic E-state index is 13.3. The largest absolute Gasteiger partial charge is 0.494 e. The smallest absolute Gasteiger partial charge is 0.412 e. The molecule has 0 bridgehead atoms. The number of nitrogens with zero attached hydrogens (tertiary/aromatic N) is 1. The third kappa shape index (κ3) is 4.76. The van der Waals surface area contributed by atoms with Gasteiger partial charge in [-0.1, -0.05) is 13.0 Å². The zero-order chi connectivity index (χ0) is 22.9. The number of allylic oxidation sites excluding steroid dienone is 4. The zero-order valence-electron chi connectivity index (χ0n) is 17.2. The minimum atomic E-state index is -4.36. The van der Waals surface area contributed by atoms with Crippen LogP contribution < -0.4 is 5.90 Å². The SMILES string of the molecule is CC1CC(C(F)(F)F)=CC=C1OC1CCN(S(=O)(=O)C2(C(=O)ON)CCOCC2)CC1. The molecule has 1 unspecified atom stereocenters. The van der Waals surface area contributed by atoms with Gasteiger partial charge in [-0.3, -0.25) is 0 Å². The molecular weight excluding hydrogens is 441 g/mol. The molecule has 2 N–H and O–H groups in total. The van der Waals surface area contributed by atoms with Gasteiger partial charge in [-0.2, -0.15) is 19.1 Å². The van der Waals surface area contributed by atoms with Crippen LogP contribution >= 0.6 is 0 Å². The van der Waals surface area contributed by atoms with Crippen LogP contribution in [0.1, 0.15) is 39.0 Å². The summed E-state index contributed by atoms with van der Waals surface area (Å²) in [5.74, 6) is 4.06. The van der Waals surface area contributed by atoms with Crippen molar-refractivity contribution in [2.24, 2.45) is 11.8 Å². The van der Waals surface area contributed by atoms with Crippen LogP contribution in [0.4, 0.5) is 13.2 Å². The van der Waals surface area contributed by atoms with Gasteiger partial charge in [0, 0.05) is 50.6 Å². The lowest BCUT2D eigenvalue weighted by Crippen LogP contribution is -2.58. The Labute approximate surface area is 179 Å². The Hall–Kier alpha value is -1.63. The van der Waals surface area contributed by atoms with Crippen LogP contribution in [-0.2, 0) is 29.1 Å². The van der Waals surface area contributed by atoms with Crippen molar-refractivity contribution in [3.63, 3.8) is 0 Å². The van der Waals surface area contributed by atoms with Crippen LogP contribution in [0.2, 0.25) is 0 Å². The van der Waals surface area contributed by atoms with Crippen molar-refractivity contribution in [2.45, 2.75) is 56.1 Å². The lowest BCUT2D eigenvalue weighted by Gasteiger charge is -2.40. The molecule has 2 aliphatic heterocycles. The molecule has 0 amide bonds. The number of alkyl halides is 3. The van der Waals surface area contributed by atoms with Crippen molar-refractivity contribution in [1.29, 1.82) is 0 Å². The van der Waals surface area contributed by atoms with E-state index < -0.39 is 38.4 Å². The Kier molecular flexibility index (Phi) is 7.04. The Morgan fingerprint density at radius 2 is 1.84 bits per heavy atom. The van der Waals surface area contributed by atoms with E-state index in [0.29, 0.717) is 18.6 Å². The van der Waals surface area contributed by atoms with E-state index in [0.717, 1.165) is 6.08 Å². The number of rotatable bonds is 5. The molecule has 3 aliphatic rings. The van der Waals surface area contributed by atoms with Crippen molar-refractivity contribution in [1.82, 2.24) is 4.31 Å². The molecule has 8 nitrogen and oxygen atoms in total. The first-order valence-electron chi connectivity index (χ1n) is 10.1. The number of nitrogens with two attached hydrogens (primary N) is 1. The summed E-state index contributed by atoms with van der Waals surface area (Å²) in [6.45, 7) is 2.12. The normalized spacial score (nSPS) is 26.0. The van der Waals surface area contributed by atoms with Crippen molar-refractivity contribution in [3.8, 4) is 0 Å². The highest BCUT2D eigenvalue weighted by Crippen LogP contribution is 2.38.